The number of carbonyl (C=O) groups excluding carboxylic acids is 1. The second-order valence-electron chi connectivity index (χ2n) is 6.46. The summed E-state index contributed by atoms with van der Waals surface area (Å²) in [4.78, 5) is 19.8. The number of hydrogen-bond donors (Lipinski definition) is 1. The number of rotatable bonds is 4. The van der Waals surface area contributed by atoms with E-state index in [1.54, 1.807) is 11.8 Å². The van der Waals surface area contributed by atoms with Gasteiger partial charge in [0.25, 0.3) is 5.91 Å². The van der Waals surface area contributed by atoms with Crippen LogP contribution in [0.3, 0.4) is 0 Å². The molecule has 0 aromatic heterocycles. The van der Waals surface area contributed by atoms with Gasteiger partial charge in [0.05, 0.1) is 10.6 Å². The number of carbonyl (C=O) groups is 1. The topological polar surface area (TPSA) is 41.5 Å². The summed E-state index contributed by atoms with van der Waals surface area (Å²) in [5.74, 6) is -0.162. The number of aliphatic imine (C=N–C) groups is 1. The molecule has 0 aliphatic carbocycles. The fourth-order valence-corrected chi connectivity index (χ4v) is 4.81. The van der Waals surface area contributed by atoms with Gasteiger partial charge in [0, 0.05) is 19.8 Å². The van der Waals surface area contributed by atoms with Crippen LogP contribution in [0.15, 0.2) is 86.4 Å². The van der Waals surface area contributed by atoms with Gasteiger partial charge < -0.3 is 5.32 Å². The van der Waals surface area contributed by atoms with Crippen molar-refractivity contribution in [3.63, 3.8) is 0 Å². The molecule has 1 aliphatic heterocycles. The monoisotopic (exact) mass is 470 g/mol. The summed E-state index contributed by atoms with van der Waals surface area (Å²) in [6, 6.07) is 21.2. The maximum absolute atomic E-state index is 12.5. The first kappa shape index (κ1) is 21.1. The van der Waals surface area contributed by atoms with E-state index in [4.69, 9.17) is 23.2 Å². The highest BCUT2D eigenvalue weighted by atomic mass is 35.5. The molecule has 1 fully saturated rings. The summed E-state index contributed by atoms with van der Waals surface area (Å²) in [7, 11) is 0. The molecule has 4 rings (SSSR count). The lowest BCUT2D eigenvalue weighted by molar-refractivity contribution is -0.115. The van der Waals surface area contributed by atoms with Crippen molar-refractivity contribution in [2.45, 2.75) is 16.7 Å². The molecule has 7 heteroatoms. The number of amidine groups is 1. The average Bonchev–Trinajstić information content (AvgIpc) is 3.07. The number of amides is 1. The van der Waals surface area contributed by atoms with Gasteiger partial charge in [0.1, 0.15) is 0 Å². The average molecular weight is 471 g/mol. The molecule has 1 saturated heterocycles. The lowest BCUT2D eigenvalue weighted by atomic mass is 10.2. The SMILES string of the molecule is Cc1c(Cl)cccc1N=C1NC(=O)/C(=C/c2ccccc2Sc2ccc(Cl)cc2)S1. The zero-order valence-electron chi connectivity index (χ0n) is 15.9. The molecule has 1 amide bonds. The van der Waals surface area contributed by atoms with Crippen LogP contribution < -0.4 is 5.32 Å². The van der Waals surface area contributed by atoms with Crippen LogP contribution in [-0.2, 0) is 4.79 Å². The van der Waals surface area contributed by atoms with Gasteiger partial charge in [0.2, 0.25) is 0 Å². The first-order chi connectivity index (χ1) is 14.5. The van der Waals surface area contributed by atoms with Gasteiger partial charge in [-0.25, -0.2) is 4.99 Å². The van der Waals surface area contributed by atoms with Crippen LogP contribution in [0.4, 0.5) is 5.69 Å². The highest BCUT2D eigenvalue weighted by Gasteiger charge is 2.24. The molecule has 3 aromatic rings. The van der Waals surface area contributed by atoms with Crippen LogP contribution in [0.2, 0.25) is 10.0 Å². The van der Waals surface area contributed by atoms with E-state index in [0.717, 1.165) is 26.6 Å². The van der Waals surface area contributed by atoms with Crippen LogP contribution in [0.1, 0.15) is 11.1 Å². The van der Waals surface area contributed by atoms with E-state index >= 15 is 0 Å². The predicted molar refractivity (Wildman–Crippen MR) is 129 cm³/mol. The van der Waals surface area contributed by atoms with E-state index < -0.39 is 0 Å². The van der Waals surface area contributed by atoms with E-state index in [0.29, 0.717) is 20.1 Å². The third-order valence-electron chi connectivity index (χ3n) is 4.36. The Morgan fingerprint density at radius 1 is 1.00 bits per heavy atom. The zero-order chi connectivity index (χ0) is 21.1. The van der Waals surface area contributed by atoms with Crippen molar-refractivity contribution in [2.75, 3.05) is 0 Å². The van der Waals surface area contributed by atoms with Crippen molar-refractivity contribution in [1.29, 1.82) is 0 Å². The molecule has 1 aliphatic rings. The molecule has 0 bridgehead atoms. The summed E-state index contributed by atoms with van der Waals surface area (Å²) in [6.07, 6.45) is 1.89. The summed E-state index contributed by atoms with van der Waals surface area (Å²) >= 11 is 15.1. The molecule has 3 nitrogen and oxygen atoms in total. The number of thioether (sulfide) groups is 1. The third-order valence-corrected chi connectivity index (χ3v) is 7.03. The largest absolute Gasteiger partial charge is 0.300 e. The number of halogens is 2. The van der Waals surface area contributed by atoms with Crippen LogP contribution >= 0.6 is 46.7 Å². The molecular formula is C23H16Cl2N2OS2. The van der Waals surface area contributed by atoms with Gasteiger partial charge in [-0.05, 0) is 78.4 Å². The number of nitrogens with one attached hydrogen (secondary N) is 1. The van der Waals surface area contributed by atoms with Gasteiger partial charge in [-0.1, -0.05) is 59.2 Å². The Morgan fingerprint density at radius 3 is 2.57 bits per heavy atom. The minimum Gasteiger partial charge on any atom is -0.300 e. The normalized spacial score (nSPS) is 16.3. The molecule has 3 aromatic carbocycles. The Balaban J connectivity index is 1.59. The standard InChI is InChI=1S/C23H16Cl2N2OS2/c1-14-18(25)6-4-7-19(14)26-23-27-22(28)21(30-23)13-15-5-2-3-8-20(15)29-17-11-9-16(24)10-12-17/h2-13H,1H3,(H,26,27,28)/b21-13-. The van der Waals surface area contributed by atoms with E-state index in [1.165, 1.54) is 11.8 Å². The molecule has 0 radical (unpaired) electrons. The van der Waals surface area contributed by atoms with Crippen LogP contribution in [0, 0.1) is 6.92 Å². The first-order valence-corrected chi connectivity index (χ1v) is 11.5. The van der Waals surface area contributed by atoms with Crippen molar-refractivity contribution in [1.82, 2.24) is 5.32 Å². The van der Waals surface area contributed by atoms with E-state index in [9.17, 15) is 4.79 Å². The van der Waals surface area contributed by atoms with Gasteiger partial charge in [-0.3, -0.25) is 4.79 Å². The lowest BCUT2D eigenvalue weighted by Gasteiger charge is -2.06. The van der Waals surface area contributed by atoms with E-state index in [2.05, 4.69) is 10.3 Å². The number of nitrogens with zero attached hydrogens (tertiary/aromatic N) is 1. The molecular weight excluding hydrogens is 455 g/mol. The van der Waals surface area contributed by atoms with Crippen LogP contribution in [-0.4, -0.2) is 11.1 Å². The molecule has 0 spiro atoms. The van der Waals surface area contributed by atoms with Gasteiger partial charge >= 0.3 is 0 Å². The third kappa shape index (κ3) is 4.93. The molecule has 0 saturated carbocycles. The van der Waals surface area contributed by atoms with Crippen molar-refractivity contribution >= 4 is 69.6 Å². The molecule has 150 valence electrons. The summed E-state index contributed by atoms with van der Waals surface area (Å²) < 4.78 is 0. The second kappa shape index (κ2) is 9.31. The quantitative estimate of drug-likeness (QED) is 0.405. The van der Waals surface area contributed by atoms with Gasteiger partial charge in [-0.15, -0.1) is 0 Å². The Kier molecular flexibility index (Phi) is 6.54. The van der Waals surface area contributed by atoms with E-state index in [1.807, 2.05) is 79.7 Å². The second-order valence-corrected chi connectivity index (χ2v) is 9.45. The molecule has 0 unspecified atom stereocenters. The molecule has 1 heterocycles. The molecule has 30 heavy (non-hydrogen) atoms. The van der Waals surface area contributed by atoms with Crippen LogP contribution in [0.25, 0.3) is 6.08 Å². The number of hydrogen-bond acceptors (Lipinski definition) is 4. The minimum absolute atomic E-state index is 0.162. The van der Waals surface area contributed by atoms with Crippen molar-refractivity contribution in [2.24, 2.45) is 4.99 Å². The van der Waals surface area contributed by atoms with Crippen molar-refractivity contribution in [3.05, 3.63) is 92.8 Å². The summed E-state index contributed by atoms with van der Waals surface area (Å²) in [5.41, 5.74) is 2.59. The highest BCUT2D eigenvalue weighted by Crippen LogP contribution is 2.35. The van der Waals surface area contributed by atoms with E-state index in [-0.39, 0.29) is 5.91 Å². The van der Waals surface area contributed by atoms with Crippen molar-refractivity contribution in [3.8, 4) is 0 Å². The minimum atomic E-state index is -0.162. The molecule has 1 N–H and O–H groups in total. The maximum Gasteiger partial charge on any atom is 0.264 e. The lowest BCUT2D eigenvalue weighted by Crippen LogP contribution is -2.19. The zero-order valence-corrected chi connectivity index (χ0v) is 19.0. The fourth-order valence-electron chi connectivity index (χ4n) is 2.77. The number of benzene rings is 3. The Bertz CT molecular complexity index is 1170. The Labute approximate surface area is 193 Å². The highest BCUT2D eigenvalue weighted by molar-refractivity contribution is 8.18. The summed E-state index contributed by atoms with van der Waals surface area (Å²) in [5, 5.41) is 4.73. The summed E-state index contributed by atoms with van der Waals surface area (Å²) in [6.45, 7) is 1.91. The van der Waals surface area contributed by atoms with Crippen LogP contribution in [0.5, 0.6) is 0 Å². The molecule has 0 atom stereocenters. The predicted octanol–water partition coefficient (Wildman–Crippen LogP) is 7.34. The smallest absolute Gasteiger partial charge is 0.264 e. The van der Waals surface area contributed by atoms with Crippen molar-refractivity contribution < 1.29 is 4.79 Å². The van der Waals surface area contributed by atoms with Gasteiger partial charge in [0.15, 0.2) is 5.17 Å². The first-order valence-electron chi connectivity index (χ1n) is 9.07. The Hall–Kier alpha value is -2.18. The fraction of sp³-hybridized carbons (Fsp3) is 0.0435. The maximum atomic E-state index is 12.5. The van der Waals surface area contributed by atoms with Gasteiger partial charge in [-0.2, -0.15) is 0 Å². The Morgan fingerprint density at radius 2 is 1.77 bits per heavy atom.